The van der Waals surface area contributed by atoms with Crippen LogP contribution in [0.4, 0.5) is 0 Å². The van der Waals surface area contributed by atoms with Crippen LogP contribution in [0.25, 0.3) is 0 Å². The molecule has 1 amide bonds. The summed E-state index contributed by atoms with van der Waals surface area (Å²) in [6.45, 7) is 0. The van der Waals surface area contributed by atoms with Gasteiger partial charge in [-0.15, -0.1) is 11.8 Å². The van der Waals surface area contributed by atoms with E-state index in [-0.39, 0.29) is 18.1 Å². The molecule has 2 rings (SSSR count). The number of hydrogen-bond acceptors (Lipinski definition) is 3. The van der Waals surface area contributed by atoms with E-state index in [0.717, 1.165) is 10.5 Å². The lowest BCUT2D eigenvalue weighted by atomic mass is 10.1. The zero-order chi connectivity index (χ0) is 15.8. The van der Waals surface area contributed by atoms with Crippen molar-refractivity contribution < 1.29 is 14.7 Å². The summed E-state index contributed by atoms with van der Waals surface area (Å²) in [5, 5.41) is 11.8. The third-order valence-electron chi connectivity index (χ3n) is 3.03. The maximum atomic E-state index is 11.9. The van der Waals surface area contributed by atoms with Gasteiger partial charge in [0.15, 0.2) is 0 Å². The van der Waals surface area contributed by atoms with Crippen molar-refractivity contribution in [3.63, 3.8) is 0 Å². The summed E-state index contributed by atoms with van der Waals surface area (Å²) in [4.78, 5) is 24.2. The van der Waals surface area contributed by atoms with Gasteiger partial charge in [-0.2, -0.15) is 0 Å². The van der Waals surface area contributed by atoms with Crippen molar-refractivity contribution in [3.05, 3.63) is 66.2 Å². The zero-order valence-electron chi connectivity index (χ0n) is 11.9. The normalized spacial score (nSPS) is 11.6. The molecule has 114 valence electrons. The highest BCUT2D eigenvalue weighted by Gasteiger charge is 2.20. The first-order valence-corrected chi connectivity index (χ1v) is 7.87. The van der Waals surface area contributed by atoms with Crippen LogP contribution in [0.15, 0.2) is 65.6 Å². The summed E-state index contributed by atoms with van der Waals surface area (Å²) < 4.78 is 0. The van der Waals surface area contributed by atoms with Crippen LogP contribution in [-0.4, -0.2) is 28.8 Å². The Morgan fingerprint density at radius 1 is 1.00 bits per heavy atom. The molecule has 0 fully saturated rings. The smallest absolute Gasteiger partial charge is 0.326 e. The first-order valence-electron chi connectivity index (χ1n) is 6.89. The Hall–Kier alpha value is -2.27. The SMILES string of the molecule is O=C(CSc1ccccc1)N[C@@H](Cc1ccccc1)C(=O)O. The maximum Gasteiger partial charge on any atom is 0.326 e. The second-order valence-electron chi connectivity index (χ2n) is 4.75. The summed E-state index contributed by atoms with van der Waals surface area (Å²) in [5.74, 6) is -1.11. The minimum absolute atomic E-state index is 0.197. The molecule has 0 heterocycles. The molecule has 2 N–H and O–H groups in total. The summed E-state index contributed by atoms with van der Waals surface area (Å²) in [6.07, 6.45) is 0.276. The molecule has 0 spiro atoms. The number of thioether (sulfide) groups is 1. The number of carboxylic acids is 1. The zero-order valence-corrected chi connectivity index (χ0v) is 12.8. The molecule has 0 radical (unpaired) electrons. The molecule has 4 nitrogen and oxygen atoms in total. The van der Waals surface area contributed by atoms with E-state index in [0.29, 0.717) is 0 Å². The molecule has 0 bridgehead atoms. The van der Waals surface area contributed by atoms with E-state index >= 15 is 0 Å². The Balaban J connectivity index is 1.88. The summed E-state index contributed by atoms with van der Waals surface area (Å²) in [7, 11) is 0. The van der Waals surface area contributed by atoms with Gasteiger partial charge < -0.3 is 10.4 Å². The van der Waals surface area contributed by atoms with Crippen molar-refractivity contribution in [2.45, 2.75) is 17.4 Å². The van der Waals surface area contributed by atoms with Crippen LogP contribution >= 0.6 is 11.8 Å². The molecule has 0 aliphatic heterocycles. The van der Waals surface area contributed by atoms with E-state index < -0.39 is 12.0 Å². The van der Waals surface area contributed by atoms with Crippen LogP contribution in [0.5, 0.6) is 0 Å². The highest BCUT2D eigenvalue weighted by molar-refractivity contribution is 8.00. The molecule has 2 aromatic rings. The fraction of sp³-hybridized carbons (Fsp3) is 0.176. The average molecular weight is 315 g/mol. The quantitative estimate of drug-likeness (QED) is 0.771. The molecule has 0 saturated carbocycles. The third kappa shape index (κ3) is 5.26. The largest absolute Gasteiger partial charge is 0.480 e. The van der Waals surface area contributed by atoms with Crippen molar-refractivity contribution in [2.75, 3.05) is 5.75 Å². The van der Waals surface area contributed by atoms with Gasteiger partial charge in [0, 0.05) is 11.3 Å². The molecule has 2 aromatic carbocycles. The van der Waals surface area contributed by atoms with Crippen molar-refractivity contribution in [3.8, 4) is 0 Å². The van der Waals surface area contributed by atoms with E-state index in [9.17, 15) is 14.7 Å². The molecule has 0 unspecified atom stereocenters. The monoisotopic (exact) mass is 315 g/mol. The molecular weight excluding hydrogens is 298 g/mol. The minimum Gasteiger partial charge on any atom is -0.480 e. The number of carboxylic acid groups (broad SMARTS) is 1. The number of hydrogen-bond donors (Lipinski definition) is 2. The van der Waals surface area contributed by atoms with E-state index in [1.54, 1.807) is 0 Å². The number of carbonyl (C=O) groups is 2. The van der Waals surface area contributed by atoms with Gasteiger partial charge >= 0.3 is 5.97 Å². The van der Waals surface area contributed by atoms with Crippen LogP contribution in [0, 0.1) is 0 Å². The Kier molecular flexibility index (Phi) is 6.03. The van der Waals surface area contributed by atoms with Crippen LogP contribution in [0.2, 0.25) is 0 Å². The number of aliphatic carboxylic acids is 1. The van der Waals surface area contributed by atoms with Gasteiger partial charge in [-0.3, -0.25) is 4.79 Å². The predicted octanol–water partition coefficient (Wildman–Crippen LogP) is 2.59. The van der Waals surface area contributed by atoms with Crippen molar-refractivity contribution in [2.24, 2.45) is 0 Å². The Bertz CT molecular complexity index is 616. The highest BCUT2D eigenvalue weighted by Crippen LogP contribution is 2.16. The predicted molar refractivity (Wildman–Crippen MR) is 86.9 cm³/mol. The molecule has 0 aliphatic carbocycles. The number of benzene rings is 2. The van der Waals surface area contributed by atoms with Crippen molar-refractivity contribution in [1.82, 2.24) is 5.32 Å². The number of nitrogens with one attached hydrogen (secondary N) is 1. The first kappa shape index (κ1) is 16.1. The van der Waals surface area contributed by atoms with Gasteiger partial charge in [-0.1, -0.05) is 48.5 Å². The van der Waals surface area contributed by atoms with Gasteiger partial charge in [0.05, 0.1) is 5.75 Å². The second kappa shape index (κ2) is 8.24. The molecular formula is C17H17NO3S. The van der Waals surface area contributed by atoms with Crippen molar-refractivity contribution >= 4 is 23.6 Å². The van der Waals surface area contributed by atoms with Crippen molar-refractivity contribution in [1.29, 1.82) is 0 Å². The molecule has 1 atom stereocenters. The Morgan fingerprint density at radius 2 is 1.59 bits per heavy atom. The standard InChI is InChI=1S/C17H17NO3S/c19-16(12-22-14-9-5-2-6-10-14)18-15(17(20)21)11-13-7-3-1-4-8-13/h1-10,15H,11-12H2,(H,18,19)(H,20,21)/t15-/m0/s1. The third-order valence-corrected chi connectivity index (χ3v) is 4.04. The molecule has 0 aromatic heterocycles. The van der Waals surface area contributed by atoms with Crippen LogP contribution < -0.4 is 5.32 Å². The Morgan fingerprint density at radius 3 is 2.18 bits per heavy atom. The van der Waals surface area contributed by atoms with Gasteiger partial charge in [-0.05, 0) is 17.7 Å². The number of rotatable bonds is 7. The fourth-order valence-corrected chi connectivity index (χ4v) is 2.68. The molecule has 0 saturated heterocycles. The van der Waals surface area contributed by atoms with Crippen LogP contribution in [0.3, 0.4) is 0 Å². The minimum atomic E-state index is -1.03. The lowest BCUT2D eigenvalue weighted by Gasteiger charge is -2.14. The van der Waals surface area contributed by atoms with E-state index in [1.165, 1.54) is 11.8 Å². The average Bonchev–Trinajstić information content (AvgIpc) is 2.54. The fourth-order valence-electron chi connectivity index (χ4n) is 1.95. The number of amides is 1. The van der Waals surface area contributed by atoms with E-state index in [2.05, 4.69) is 5.32 Å². The van der Waals surface area contributed by atoms with Gasteiger partial charge in [-0.25, -0.2) is 4.79 Å². The van der Waals surface area contributed by atoms with Gasteiger partial charge in [0.1, 0.15) is 6.04 Å². The lowest BCUT2D eigenvalue weighted by Crippen LogP contribution is -2.43. The summed E-state index contributed by atoms with van der Waals surface area (Å²) >= 11 is 1.38. The van der Waals surface area contributed by atoms with Crippen LogP contribution in [0.1, 0.15) is 5.56 Å². The molecule has 0 aliphatic rings. The number of carbonyl (C=O) groups excluding carboxylic acids is 1. The highest BCUT2D eigenvalue weighted by atomic mass is 32.2. The second-order valence-corrected chi connectivity index (χ2v) is 5.80. The van der Waals surface area contributed by atoms with Gasteiger partial charge in [0.2, 0.25) is 5.91 Å². The molecule has 22 heavy (non-hydrogen) atoms. The molecule has 5 heteroatoms. The lowest BCUT2D eigenvalue weighted by molar-refractivity contribution is -0.141. The van der Waals surface area contributed by atoms with E-state index in [1.807, 2.05) is 60.7 Å². The first-order chi connectivity index (χ1) is 10.6. The maximum absolute atomic E-state index is 11.9. The van der Waals surface area contributed by atoms with E-state index in [4.69, 9.17) is 0 Å². The van der Waals surface area contributed by atoms with Gasteiger partial charge in [0.25, 0.3) is 0 Å². The summed E-state index contributed by atoms with van der Waals surface area (Å²) in [6, 6.07) is 17.9. The topological polar surface area (TPSA) is 66.4 Å². The van der Waals surface area contributed by atoms with Crippen LogP contribution in [-0.2, 0) is 16.0 Å². The Labute approximate surface area is 133 Å². The summed E-state index contributed by atoms with van der Waals surface area (Å²) in [5.41, 5.74) is 0.880.